The molecule has 0 spiro atoms. The molecule has 0 atom stereocenters. The Morgan fingerprint density at radius 2 is 1.58 bits per heavy atom. The SMILES string of the molecule is C[Si]1(C)CN(C=O)C[Si](C)(C)O1. The lowest BCUT2D eigenvalue weighted by atomic mass is 11.0. The number of carbonyl (C=O) groups is 1. The van der Waals surface area contributed by atoms with Crippen LogP contribution in [0.1, 0.15) is 0 Å². The molecule has 5 heteroatoms. The minimum atomic E-state index is -1.55. The largest absolute Gasteiger partial charge is 0.453 e. The summed E-state index contributed by atoms with van der Waals surface area (Å²) in [6, 6.07) is 0. The van der Waals surface area contributed by atoms with Gasteiger partial charge < -0.3 is 9.02 Å². The van der Waals surface area contributed by atoms with E-state index >= 15 is 0 Å². The Balaban J connectivity index is 2.72. The van der Waals surface area contributed by atoms with Crippen molar-refractivity contribution in [2.24, 2.45) is 0 Å². The van der Waals surface area contributed by atoms with Crippen LogP contribution >= 0.6 is 0 Å². The summed E-state index contributed by atoms with van der Waals surface area (Å²) in [6.45, 7) is 8.71. The third-order valence-corrected chi connectivity index (χ3v) is 8.63. The molecule has 0 saturated carbocycles. The van der Waals surface area contributed by atoms with Crippen molar-refractivity contribution < 1.29 is 8.91 Å². The summed E-state index contributed by atoms with van der Waals surface area (Å²) in [4.78, 5) is 12.5. The average molecular weight is 203 g/mol. The van der Waals surface area contributed by atoms with Crippen LogP contribution in [-0.2, 0) is 8.91 Å². The molecule has 12 heavy (non-hydrogen) atoms. The molecule has 70 valence electrons. The number of nitrogens with zero attached hydrogens (tertiary/aromatic N) is 1. The van der Waals surface area contributed by atoms with Gasteiger partial charge in [-0.2, -0.15) is 0 Å². The minimum Gasteiger partial charge on any atom is -0.453 e. The first kappa shape index (κ1) is 9.95. The Hall–Kier alpha value is -0.136. The highest BCUT2D eigenvalue weighted by molar-refractivity contribution is 6.86. The van der Waals surface area contributed by atoms with E-state index in [4.69, 9.17) is 4.12 Å². The Kier molecular flexibility index (Phi) is 2.46. The highest BCUT2D eigenvalue weighted by atomic mass is 28.4. The molecule has 1 fully saturated rings. The molecular formula is C7H17NO2Si2. The molecule has 0 bridgehead atoms. The molecule has 1 aliphatic rings. The number of amides is 1. The topological polar surface area (TPSA) is 29.5 Å². The van der Waals surface area contributed by atoms with Crippen molar-refractivity contribution >= 4 is 23.0 Å². The van der Waals surface area contributed by atoms with Gasteiger partial charge in [0.25, 0.3) is 0 Å². The number of carbonyl (C=O) groups excluding carboxylic acids is 1. The summed E-state index contributed by atoms with van der Waals surface area (Å²) in [5.41, 5.74) is 0. The van der Waals surface area contributed by atoms with Crippen LogP contribution in [0.25, 0.3) is 0 Å². The van der Waals surface area contributed by atoms with Gasteiger partial charge in [0.15, 0.2) is 16.6 Å². The van der Waals surface area contributed by atoms with Crippen LogP contribution in [0.2, 0.25) is 26.2 Å². The van der Waals surface area contributed by atoms with Gasteiger partial charge in [-0.3, -0.25) is 4.79 Å². The molecule has 3 nitrogen and oxygen atoms in total. The second-order valence-electron chi connectivity index (χ2n) is 4.63. The van der Waals surface area contributed by atoms with Gasteiger partial charge in [0.1, 0.15) is 0 Å². The molecule has 0 aromatic rings. The molecule has 0 aromatic heterocycles. The van der Waals surface area contributed by atoms with Crippen molar-refractivity contribution in [3.8, 4) is 0 Å². The van der Waals surface area contributed by atoms with Crippen molar-refractivity contribution in [1.29, 1.82) is 0 Å². The maximum atomic E-state index is 10.7. The third kappa shape index (κ3) is 2.43. The Labute approximate surface area is 76.0 Å². The van der Waals surface area contributed by atoms with E-state index in [1.165, 1.54) is 0 Å². The van der Waals surface area contributed by atoms with Gasteiger partial charge in [0.2, 0.25) is 6.41 Å². The van der Waals surface area contributed by atoms with E-state index in [1.807, 2.05) is 4.90 Å². The predicted octanol–water partition coefficient (Wildman–Crippen LogP) is 0.964. The van der Waals surface area contributed by atoms with E-state index in [9.17, 15) is 4.79 Å². The standard InChI is InChI=1S/C7H17NO2Si2/c1-11(2)6-8(5-9)7-12(3,4)10-11/h5H,6-7H2,1-4H3. The van der Waals surface area contributed by atoms with E-state index in [1.54, 1.807) is 0 Å². The minimum absolute atomic E-state index is 0.854. The zero-order valence-corrected chi connectivity index (χ0v) is 10.3. The lowest BCUT2D eigenvalue weighted by Crippen LogP contribution is -2.62. The highest BCUT2D eigenvalue weighted by Crippen LogP contribution is 2.21. The fraction of sp³-hybridized carbons (Fsp3) is 0.857. The molecule has 0 unspecified atom stereocenters. The van der Waals surface area contributed by atoms with Crippen molar-refractivity contribution in [3.05, 3.63) is 0 Å². The molecule has 1 rings (SSSR count). The van der Waals surface area contributed by atoms with E-state index in [-0.39, 0.29) is 0 Å². The molecule has 0 aliphatic carbocycles. The molecule has 0 aromatic carbocycles. The number of hydrogen-bond acceptors (Lipinski definition) is 2. The number of hydrogen-bond donors (Lipinski definition) is 0. The van der Waals surface area contributed by atoms with E-state index < -0.39 is 16.6 Å². The quantitative estimate of drug-likeness (QED) is 0.469. The first-order chi connectivity index (χ1) is 5.35. The van der Waals surface area contributed by atoms with Gasteiger partial charge in [-0.15, -0.1) is 0 Å². The summed E-state index contributed by atoms with van der Waals surface area (Å²) < 4.78 is 6.07. The Morgan fingerprint density at radius 3 is 1.92 bits per heavy atom. The molecule has 1 aliphatic heterocycles. The zero-order valence-electron chi connectivity index (χ0n) is 8.26. The lowest BCUT2D eigenvalue weighted by molar-refractivity contribution is -0.117. The predicted molar refractivity (Wildman–Crippen MR) is 53.7 cm³/mol. The van der Waals surface area contributed by atoms with Gasteiger partial charge in [0, 0.05) is 12.3 Å². The highest BCUT2D eigenvalue weighted by Gasteiger charge is 2.40. The molecule has 1 amide bonds. The van der Waals surface area contributed by atoms with Crippen LogP contribution in [-0.4, -0.2) is 40.3 Å². The summed E-state index contributed by atoms with van der Waals surface area (Å²) in [5, 5.41) is 0. The molecular weight excluding hydrogens is 186 g/mol. The van der Waals surface area contributed by atoms with E-state index in [0.717, 1.165) is 18.7 Å². The second kappa shape index (κ2) is 2.97. The van der Waals surface area contributed by atoms with Crippen LogP contribution < -0.4 is 0 Å². The monoisotopic (exact) mass is 203 g/mol. The van der Waals surface area contributed by atoms with Crippen LogP contribution in [0.5, 0.6) is 0 Å². The first-order valence-electron chi connectivity index (χ1n) is 4.24. The smallest absolute Gasteiger partial charge is 0.209 e. The van der Waals surface area contributed by atoms with Gasteiger partial charge >= 0.3 is 0 Å². The normalized spacial score (nSPS) is 26.8. The van der Waals surface area contributed by atoms with Gasteiger partial charge in [0.05, 0.1) is 0 Å². The maximum absolute atomic E-state index is 10.7. The van der Waals surface area contributed by atoms with Crippen LogP contribution in [0.3, 0.4) is 0 Å². The molecule has 0 N–H and O–H groups in total. The fourth-order valence-corrected chi connectivity index (χ4v) is 11.0. The fourth-order valence-electron chi connectivity index (χ4n) is 1.92. The summed E-state index contributed by atoms with van der Waals surface area (Å²) in [7, 11) is -3.11. The summed E-state index contributed by atoms with van der Waals surface area (Å²) in [6.07, 6.45) is 2.67. The van der Waals surface area contributed by atoms with Gasteiger partial charge in [-0.05, 0) is 26.2 Å². The summed E-state index contributed by atoms with van der Waals surface area (Å²) in [5.74, 6) is 0. The van der Waals surface area contributed by atoms with E-state index in [0.29, 0.717) is 0 Å². The second-order valence-corrected chi connectivity index (χ2v) is 13.1. The molecule has 1 heterocycles. The first-order valence-corrected chi connectivity index (χ1v) is 10.5. The van der Waals surface area contributed by atoms with Crippen molar-refractivity contribution in [1.82, 2.24) is 4.90 Å². The van der Waals surface area contributed by atoms with E-state index in [2.05, 4.69) is 26.2 Å². The Morgan fingerprint density at radius 1 is 1.17 bits per heavy atom. The lowest BCUT2D eigenvalue weighted by Gasteiger charge is -2.43. The number of rotatable bonds is 1. The van der Waals surface area contributed by atoms with Crippen molar-refractivity contribution in [3.63, 3.8) is 0 Å². The van der Waals surface area contributed by atoms with Crippen LogP contribution in [0.4, 0.5) is 0 Å². The van der Waals surface area contributed by atoms with Crippen LogP contribution in [0, 0.1) is 0 Å². The maximum Gasteiger partial charge on any atom is 0.209 e. The molecule has 1 saturated heterocycles. The third-order valence-electron chi connectivity index (χ3n) is 1.87. The van der Waals surface area contributed by atoms with Crippen molar-refractivity contribution in [2.45, 2.75) is 26.2 Å². The Bertz CT molecular complexity index is 178. The van der Waals surface area contributed by atoms with Gasteiger partial charge in [-0.25, -0.2) is 0 Å². The average Bonchev–Trinajstić information content (AvgIpc) is 1.80. The van der Waals surface area contributed by atoms with Gasteiger partial charge in [-0.1, -0.05) is 0 Å². The van der Waals surface area contributed by atoms with Crippen molar-refractivity contribution in [2.75, 3.05) is 12.3 Å². The zero-order chi connectivity index (χ0) is 9.41. The molecule has 0 radical (unpaired) electrons. The van der Waals surface area contributed by atoms with Crippen LogP contribution in [0.15, 0.2) is 0 Å². The summed E-state index contributed by atoms with van der Waals surface area (Å²) >= 11 is 0.